The van der Waals surface area contributed by atoms with E-state index in [1.807, 2.05) is 13.8 Å². The number of aromatic nitrogens is 2. The average Bonchev–Trinajstić information content (AvgIpc) is 2.78. The van der Waals surface area contributed by atoms with E-state index in [9.17, 15) is 14.7 Å². The topological polar surface area (TPSA) is 75.4 Å². The fourth-order valence-corrected chi connectivity index (χ4v) is 2.68. The van der Waals surface area contributed by atoms with Crippen molar-refractivity contribution in [1.29, 1.82) is 0 Å². The van der Waals surface area contributed by atoms with Gasteiger partial charge in [-0.05, 0) is 13.8 Å². The van der Waals surface area contributed by atoms with Crippen LogP contribution in [-0.4, -0.2) is 38.2 Å². The SMILES string of the molecule is CCN1C(=O)CC(C(=O)O)C1c1cn(C)nc1C. The first kappa shape index (κ1) is 12.6. The van der Waals surface area contributed by atoms with Crippen molar-refractivity contribution in [3.05, 3.63) is 17.5 Å². The first-order valence-corrected chi connectivity index (χ1v) is 5.98. The molecule has 0 spiro atoms. The van der Waals surface area contributed by atoms with Crippen LogP contribution in [0.25, 0.3) is 0 Å². The van der Waals surface area contributed by atoms with E-state index in [0.29, 0.717) is 6.54 Å². The Balaban J connectivity index is 2.46. The standard InChI is InChI=1S/C12H17N3O3/c1-4-15-10(16)5-8(12(17)18)11(15)9-6-14(3)13-7(9)2/h6,8,11H,4-5H2,1-3H3,(H,17,18). The van der Waals surface area contributed by atoms with Crippen LogP contribution in [0.4, 0.5) is 0 Å². The van der Waals surface area contributed by atoms with Crippen LogP contribution >= 0.6 is 0 Å². The van der Waals surface area contributed by atoms with Crippen molar-refractivity contribution in [1.82, 2.24) is 14.7 Å². The molecule has 1 saturated heterocycles. The summed E-state index contributed by atoms with van der Waals surface area (Å²) in [6, 6.07) is -0.395. The van der Waals surface area contributed by atoms with Crippen molar-refractivity contribution in [3.8, 4) is 0 Å². The molecule has 18 heavy (non-hydrogen) atoms. The largest absolute Gasteiger partial charge is 0.481 e. The second-order valence-electron chi connectivity index (χ2n) is 4.62. The molecule has 0 bridgehead atoms. The molecule has 1 aromatic heterocycles. The lowest BCUT2D eigenvalue weighted by Crippen LogP contribution is -2.30. The zero-order valence-corrected chi connectivity index (χ0v) is 10.8. The summed E-state index contributed by atoms with van der Waals surface area (Å²) in [5.74, 6) is -1.70. The minimum atomic E-state index is -0.924. The Morgan fingerprint density at radius 2 is 2.28 bits per heavy atom. The first-order valence-electron chi connectivity index (χ1n) is 5.98. The summed E-state index contributed by atoms with van der Waals surface area (Å²) in [5.41, 5.74) is 1.61. The minimum absolute atomic E-state index is 0.0716. The van der Waals surface area contributed by atoms with Crippen LogP contribution in [0.2, 0.25) is 0 Å². The third-order valence-corrected chi connectivity index (χ3v) is 3.46. The van der Waals surface area contributed by atoms with Gasteiger partial charge in [0.05, 0.1) is 17.7 Å². The maximum Gasteiger partial charge on any atom is 0.309 e. The van der Waals surface area contributed by atoms with Gasteiger partial charge in [0.25, 0.3) is 0 Å². The highest BCUT2D eigenvalue weighted by Crippen LogP contribution is 2.39. The highest BCUT2D eigenvalue weighted by atomic mass is 16.4. The molecule has 0 saturated carbocycles. The van der Waals surface area contributed by atoms with E-state index in [1.165, 1.54) is 0 Å². The summed E-state index contributed by atoms with van der Waals surface area (Å²) >= 11 is 0. The van der Waals surface area contributed by atoms with Crippen molar-refractivity contribution < 1.29 is 14.7 Å². The minimum Gasteiger partial charge on any atom is -0.481 e. The molecular formula is C12H17N3O3. The van der Waals surface area contributed by atoms with Crippen molar-refractivity contribution in [2.24, 2.45) is 13.0 Å². The fourth-order valence-electron chi connectivity index (χ4n) is 2.68. The second kappa shape index (κ2) is 4.44. The number of carboxylic acids is 1. The van der Waals surface area contributed by atoms with E-state index in [-0.39, 0.29) is 12.3 Å². The zero-order valence-electron chi connectivity index (χ0n) is 10.8. The van der Waals surface area contributed by atoms with E-state index in [2.05, 4.69) is 5.10 Å². The van der Waals surface area contributed by atoms with Gasteiger partial charge in [-0.3, -0.25) is 14.3 Å². The first-order chi connectivity index (χ1) is 8.45. The van der Waals surface area contributed by atoms with Crippen LogP contribution in [0.1, 0.15) is 30.6 Å². The lowest BCUT2D eigenvalue weighted by molar-refractivity contribution is -0.142. The number of nitrogens with zero attached hydrogens (tertiary/aromatic N) is 3. The molecule has 1 amide bonds. The lowest BCUT2D eigenvalue weighted by atomic mass is 9.94. The van der Waals surface area contributed by atoms with E-state index in [0.717, 1.165) is 11.3 Å². The van der Waals surface area contributed by atoms with Gasteiger partial charge in [-0.25, -0.2) is 0 Å². The molecule has 6 heteroatoms. The van der Waals surface area contributed by atoms with Crippen LogP contribution in [0.3, 0.4) is 0 Å². The summed E-state index contributed by atoms with van der Waals surface area (Å²) in [6.07, 6.45) is 1.87. The molecule has 98 valence electrons. The number of amides is 1. The normalized spacial score (nSPS) is 23.7. The van der Waals surface area contributed by atoms with Gasteiger partial charge >= 0.3 is 5.97 Å². The van der Waals surface area contributed by atoms with Gasteiger partial charge in [0.1, 0.15) is 0 Å². The molecule has 1 aliphatic heterocycles. The maximum absolute atomic E-state index is 11.9. The molecule has 1 aliphatic rings. The summed E-state index contributed by atoms with van der Waals surface area (Å²) in [6.45, 7) is 4.22. The van der Waals surface area contributed by atoms with Gasteiger partial charge in [0, 0.05) is 31.8 Å². The zero-order chi connectivity index (χ0) is 13.4. The molecule has 6 nitrogen and oxygen atoms in total. The van der Waals surface area contributed by atoms with Crippen LogP contribution in [0.5, 0.6) is 0 Å². The summed E-state index contributed by atoms with van der Waals surface area (Å²) < 4.78 is 1.65. The Labute approximate surface area is 105 Å². The van der Waals surface area contributed by atoms with Crippen molar-refractivity contribution in [2.75, 3.05) is 6.54 Å². The fraction of sp³-hybridized carbons (Fsp3) is 0.583. The van der Waals surface area contributed by atoms with Crippen LogP contribution in [-0.2, 0) is 16.6 Å². The van der Waals surface area contributed by atoms with Crippen molar-refractivity contribution in [2.45, 2.75) is 26.3 Å². The number of carbonyl (C=O) groups is 2. The van der Waals surface area contributed by atoms with E-state index >= 15 is 0 Å². The third-order valence-electron chi connectivity index (χ3n) is 3.46. The number of rotatable bonds is 3. The molecule has 2 rings (SSSR count). The Bertz CT molecular complexity index is 495. The van der Waals surface area contributed by atoms with Crippen LogP contribution in [0, 0.1) is 12.8 Å². The van der Waals surface area contributed by atoms with E-state index in [1.54, 1.807) is 22.8 Å². The predicted molar refractivity (Wildman–Crippen MR) is 63.8 cm³/mol. The van der Waals surface area contributed by atoms with Gasteiger partial charge in [-0.15, -0.1) is 0 Å². The third kappa shape index (κ3) is 1.87. The van der Waals surface area contributed by atoms with Gasteiger partial charge in [-0.1, -0.05) is 0 Å². The summed E-state index contributed by atoms with van der Waals surface area (Å²) in [5, 5.41) is 13.5. The van der Waals surface area contributed by atoms with Crippen LogP contribution in [0.15, 0.2) is 6.20 Å². The number of carboxylic acid groups (broad SMARTS) is 1. The van der Waals surface area contributed by atoms with E-state index < -0.39 is 17.9 Å². The maximum atomic E-state index is 11.9. The van der Waals surface area contributed by atoms with Crippen molar-refractivity contribution in [3.63, 3.8) is 0 Å². The number of aryl methyl sites for hydroxylation is 2. The number of hydrogen-bond donors (Lipinski definition) is 1. The van der Waals surface area contributed by atoms with Gasteiger partial charge in [0.2, 0.25) is 5.91 Å². The number of likely N-dealkylation sites (tertiary alicyclic amines) is 1. The molecular weight excluding hydrogens is 234 g/mol. The number of hydrogen-bond acceptors (Lipinski definition) is 3. The van der Waals surface area contributed by atoms with E-state index in [4.69, 9.17) is 0 Å². The highest BCUT2D eigenvalue weighted by molar-refractivity contribution is 5.87. The molecule has 0 aromatic carbocycles. The van der Waals surface area contributed by atoms with Gasteiger partial charge in [0.15, 0.2) is 0 Å². The molecule has 2 atom stereocenters. The molecule has 1 N–H and O–H groups in total. The summed E-state index contributed by atoms with van der Waals surface area (Å²) in [7, 11) is 1.79. The Kier molecular flexibility index (Phi) is 3.11. The molecule has 0 aliphatic carbocycles. The number of carbonyl (C=O) groups excluding carboxylic acids is 1. The monoisotopic (exact) mass is 251 g/mol. The average molecular weight is 251 g/mol. The molecule has 0 radical (unpaired) electrons. The Morgan fingerprint density at radius 1 is 1.61 bits per heavy atom. The number of aliphatic carboxylic acids is 1. The Morgan fingerprint density at radius 3 is 2.72 bits per heavy atom. The molecule has 2 heterocycles. The van der Waals surface area contributed by atoms with Crippen LogP contribution < -0.4 is 0 Å². The predicted octanol–water partition coefficient (Wildman–Crippen LogP) is 0.723. The summed E-state index contributed by atoms with van der Waals surface area (Å²) in [4.78, 5) is 24.8. The van der Waals surface area contributed by atoms with Crippen molar-refractivity contribution >= 4 is 11.9 Å². The van der Waals surface area contributed by atoms with Gasteiger partial charge in [-0.2, -0.15) is 5.10 Å². The molecule has 1 fully saturated rings. The molecule has 2 unspecified atom stereocenters. The quantitative estimate of drug-likeness (QED) is 0.859. The Hall–Kier alpha value is -1.85. The molecule has 1 aromatic rings. The smallest absolute Gasteiger partial charge is 0.309 e. The second-order valence-corrected chi connectivity index (χ2v) is 4.62. The highest BCUT2D eigenvalue weighted by Gasteiger charge is 2.45. The lowest BCUT2D eigenvalue weighted by Gasteiger charge is -2.25. The van der Waals surface area contributed by atoms with Gasteiger partial charge < -0.3 is 10.0 Å².